The first-order chi connectivity index (χ1) is 14.3. The molecule has 7 heteroatoms. The Morgan fingerprint density at radius 3 is 1.83 bits per heavy atom. The number of aryl methyl sites for hydroxylation is 1. The molecule has 3 nitrogen and oxygen atoms in total. The maximum atomic E-state index is 12.3. The van der Waals surface area contributed by atoms with E-state index in [0.29, 0.717) is 10.0 Å². The molecule has 30 heavy (non-hydrogen) atoms. The Kier molecular flexibility index (Phi) is 8.66. The van der Waals surface area contributed by atoms with E-state index in [1.807, 2.05) is 55.5 Å². The van der Waals surface area contributed by atoms with Crippen LogP contribution in [0.15, 0.2) is 77.7 Å². The van der Waals surface area contributed by atoms with Crippen LogP contribution in [0.25, 0.3) is 0 Å². The van der Waals surface area contributed by atoms with Crippen LogP contribution >= 0.6 is 23.2 Å². The van der Waals surface area contributed by atoms with Crippen LogP contribution in [0.5, 0.6) is 0 Å². The van der Waals surface area contributed by atoms with E-state index in [1.165, 1.54) is 11.1 Å². The summed E-state index contributed by atoms with van der Waals surface area (Å²) in [6, 6.07) is 22.5. The van der Waals surface area contributed by atoms with Gasteiger partial charge in [0.2, 0.25) is 0 Å². The summed E-state index contributed by atoms with van der Waals surface area (Å²) in [7, 11) is -3.65. The molecule has 0 saturated carbocycles. The van der Waals surface area contributed by atoms with Gasteiger partial charge in [0.1, 0.15) is 0 Å². The van der Waals surface area contributed by atoms with Crippen LogP contribution in [0.4, 0.5) is 0 Å². The van der Waals surface area contributed by atoms with Crippen LogP contribution in [0.1, 0.15) is 35.4 Å². The topological polar surface area (TPSA) is 43.4 Å². The fourth-order valence-corrected chi connectivity index (χ4v) is 8.08. The van der Waals surface area contributed by atoms with Gasteiger partial charge in [0.25, 0.3) is 0 Å². The average Bonchev–Trinajstić information content (AvgIpc) is 2.73. The Morgan fingerprint density at radius 1 is 0.833 bits per heavy atom. The van der Waals surface area contributed by atoms with Crippen molar-refractivity contribution in [1.82, 2.24) is 0 Å². The number of benzene rings is 3. The molecule has 0 amide bonds. The minimum atomic E-state index is -3.65. The molecule has 0 atom stereocenters. The van der Waals surface area contributed by atoms with Crippen molar-refractivity contribution in [2.75, 3.05) is 0 Å². The van der Waals surface area contributed by atoms with Crippen molar-refractivity contribution < 1.29 is 10.9 Å². The molecule has 3 aromatic carbocycles. The zero-order valence-electron chi connectivity index (χ0n) is 16.5. The Bertz CT molecular complexity index is 1010. The summed E-state index contributed by atoms with van der Waals surface area (Å²) in [5.74, 6) is 0.201. The second-order valence-electron chi connectivity index (χ2n) is 7.04. The third-order valence-corrected chi connectivity index (χ3v) is 11.0. The van der Waals surface area contributed by atoms with Crippen LogP contribution in [-0.4, -0.2) is 30.0 Å². The number of hydrogen-bond donors (Lipinski definition) is 0. The summed E-state index contributed by atoms with van der Waals surface area (Å²) in [5, 5.41) is 1.41. The first-order valence-corrected chi connectivity index (χ1v) is 14.9. The average molecular weight is 568 g/mol. The molecule has 0 N–H and O–H groups in total. The maximum absolute atomic E-state index is 12.3. The van der Waals surface area contributed by atoms with Gasteiger partial charge in [-0.25, -0.2) is 0 Å². The first kappa shape index (κ1) is 23.6. The summed E-state index contributed by atoms with van der Waals surface area (Å²) >= 11 is 10.6. The van der Waals surface area contributed by atoms with Gasteiger partial charge in [-0.15, -0.1) is 0 Å². The molecule has 0 spiro atoms. The van der Waals surface area contributed by atoms with Gasteiger partial charge in [0.05, 0.1) is 0 Å². The molecule has 0 fully saturated rings. The second kappa shape index (κ2) is 11.0. The molecule has 0 aromatic heterocycles. The Hall–Kier alpha value is -1.05. The van der Waals surface area contributed by atoms with Crippen LogP contribution in [0.2, 0.25) is 14.5 Å². The van der Waals surface area contributed by atoms with Gasteiger partial charge in [0, 0.05) is 0 Å². The number of hydrogen-bond acceptors (Lipinski definition) is 3. The normalized spacial score (nSPS) is 11.7. The third-order valence-electron chi connectivity index (χ3n) is 4.79. The SMILES string of the molecule is Cc1ccc(S(=O)(=O)[O][Sn][CH2]CCC(c2ccc(Cl)cc2)c2ccc(Cl)cc2)cc1. The number of rotatable bonds is 9. The van der Waals surface area contributed by atoms with Crippen molar-refractivity contribution in [1.29, 1.82) is 0 Å². The van der Waals surface area contributed by atoms with Crippen molar-refractivity contribution in [3.63, 3.8) is 0 Å². The van der Waals surface area contributed by atoms with E-state index >= 15 is 0 Å². The van der Waals surface area contributed by atoms with Crippen LogP contribution in [-0.2, 0) is 12.6 Å². The van der Waals surface area contributed by atoms with Gasteiger partial charge in [0.15, 0.2) is 0 Å². The predicted octanol–water partition coefficient (Wildman–Crippen LogP) is 6.66. The summed E-state index contributed by atoms with van der Waals surface area (Å²) in [4.78, 5) is 0.231. The van der Waals surface area contributed by atoms with E-state index in [-0.39, 0.29) is 10.8 Å². The molecular formula is C23H22Cl2O3SSn. The quantitative estimate of drug-likeness (QED) is 0.215. The summed E-state index contributed by atoms with van der Waals surface area (Å²) in [5.41, 5.74) is 3.38. The zero-order valence-corrected chi connectivity index (χ0v) is 21.7. The molecular weight excluding hydrogens is 546 g/mol. The monoisotopic (exact) mass is 568 g/mol. The Labute approximate surface area is 199 Å². The zero-order chi connectivity index (χ0) is 21.6. The molecule has 0 unspecified atom stereocenters. The Balaban J connectivity index is 1.60. The van der Waals surface area contributed by atoms with Gasteiger partial charge in [-0.3, -0.25) is 0 Å². The Morgan fingerprint density at radius 2 is 1.33 bits per heavy atom. The van der Waals surface area contributed by atoms with Gasteiger partial charge >= 0.3 is 200 Å². The summed E-state index contributed by atoms with van der Waals surface area (Å²) in [6.07, 6.45) is 1.80. The van der Waals surface area contributed by atoms with Gasteiger partial charge in [-0.2, -0.15) is 0 Å². The molecule has 3 rings (SSSR count). The first-order valence-electron chi connectivity index (χ1n) is 9.59. The van der Waals surface area contributed by atoms with Crippen molar-refractivity contribution in [2.45, 2.75) is 35.0 Å². The van der Waals surface area contributed by atoms with Crippen molar-refractivity contribution >= 4 is 54.9 Å². The van der Waals surface area contributed by atoms with Crippen molar-refractivity contribution in [3.8, 4) is 0 Å². The van der Waals surface area contributed by atoms with Gasteiger partial charge < -0.3 is 0 Å². The van der Waals surface area contributed by atoms with Gasteiger partial charge in [-0.1, -0.05) is 0 Å². The standard InChI is InChI=1S/C16H15Cl2.C7H8O3S.Sn/c1-2-3-16(12-4-8-14(17)9-5-12)13-6-10-15(18)11-7-13;1-6-2-4-7(5-3-6)11(8,9)10;/h4-11,16H,1-3H2;2-5H,1H3,(H,8,9,10);/q;;+1/p-1. The van der Waals surface area contributed by atoms with Crippen LogP contribution < -0.4 is 0 Å². The molecule has 3 aromatic rings. The molecule has 0 aliphatic heterocycles. The molecule has 2 radical (unpaired) electrons. The van der Waals surface area contributed by atoms with Crippen LogP contribution in [0, 0.1) is 6.92 Å². The number of halogens is 2. The van der Waals surface area contributed by atoms with E-state index in [2.05, 4.69) is 0 Å². The van der Waals surface area contributed by atoms with E-state index in [1.54, 1.807) is 24.3 Å². The minimum absolute atomic E-state index is 0.201. The molecule has 0 bridgehead atoms. The van der Waals surface area contributed by atoms with E-state index in [4.69, 9.17) is 25.7 Å². The predicted molar refractivity (Wildman–Crippen MR) is 124 cm³/mol. The van der Waals surface area contributed by atoms with E-state index in [9.17, 15) is 8.42 Å². The molecule has 0 aliphatic rings. The fourth-order valence-electron chi connectivity index (χ4n) is 3.17. The molecule has 156 valence electrons. The summed E-state index contributed by atoms with van der Waals surface area (Å²) < 4.78 is 30.9. The van der Waals surface area contributed by atoms with Crippen molar-refractivity contribution in [3.05, 3.63) is 99.5 Å². The second-order valence-corrected chi connectivity index (χ2v) is 13.1. The van der Waals surface area contributed by atoms with Crippen molar-refractivity contribution in [2.24, 2.45) is 0 Å². The molecule has 0 aliphatic carbocycles. The van der Waals surface area contributed by atoms with E-state index in [0.717, 1.165) is 22.8 Å². The van der Waals surface area contributed by atoms with Gasteiger partial charge in [-0.05, 0) is 0 Å². The van der Waals surface area contributed by atoms with Crippen LogP contribution in [0.3, 0.4) is 0 Å². The summed E-state index contributed by atoms with van der Waals surface area (Å²) in [6.45, 7) is 1.92. The third kappa shape index (κ3) is 6.72. The fraction of sp³-hybridized carbons (Fsp3) is 0.217. The van der Waals surface area contributed by atoms with E-state index < -0.39 is 31.7 Å². The molecule has 0 saturated heterocycles. The molecule has 0 heterocycles.